The number of carbonyl (C=O) groups excluding carboxylic acids is 1. The van der Waals surface area contributed by atoms with Crippen molar-refractivity contribution in [2.75, 3.05) is 23.3 Å². The maximum Gasteiger partial charge on any atom is 0.262 e. The fourth-order valence-electron chi connectivity index (χ4n) is 3.00. The van der Waals surface area contributed by atoms with Crippen LogP contribution in [-0.4, -0.2) is 27.5 Å². The van der Waals surface area contributed by atoms with Crippen LogP contribution >= 0.6 is 0 Å². The zero-order valence-corrected chi connectivity index (χ0v) is 18.8. The lowest BCUT2D eigenvalue weighted by Gasteiger charge is -2.11. The molecule has 0 atom stereocenters. The predicted octanol–water partition coefficient (Wildman–Crippen LogP) is 4.47. The number of hydrogen-bond acceptors (Lipinski definition) is 5. The second-order valence-electron chi connectivity index (χ2n) is 6.88. The molecule has 0 heterocycles. The Kier molecular flexibility index (Phi) is 7.72. The Hall–Kier alpha value is -3.52. The topological polar surface area (TPSA) is 93.7 Å². The third-order valence-corrected chi connectivity index (χ3v) is 5.99. The van der Waals surface area contributed by atoms with Crippen molar-refractivity contribution in [2.24, 2.45) is 0 Å². The average molecular weight is 455 g/mol. The minimum atomic E-state index is -3.76. The highest BCUT2D eigenvalue weighted by Crippen LogP contribution is 2.21. The number of sulfonamides is 1. The Labute approximate surface area is 188 Å². The van der Waals surface area contributed by atoms with E-state index in [1.807, 2.05) is 38.1 Å². The molecule has 3 aromatic carbocycles. The van der Waals surface area contributed by atoms with Crippen LogP contribution in [0.15, 0.2) is 77.7 Å². The largest absolute Gasteiger partial charge is 0.494 e. The van der Waals surface area contributed by atoms with Crippen LogP contribution in [0.2, 0.25) is 0 Å². The molecule has 0 fully saturated rings. The number of aryl methyl sites for hydroxylation is 1. The smallest absolute Gasteiger partial charge is 0.262 e. The Morgan fingerprint density at radius 3 is 2.12 bits per heavy atom. The van der Waals surface area contributed by atoms with Crippen LogP contribution in [0.25, 0.3) is 0 Å². The van der Waals surface area contributed by atoms with Crippen molar-refractivity contribution in [3.8, 4) is 11.5 Å². The summed E-state index contributed by atoms with van der Waals surface area (Å²) in [6.45, 7) is 4.24. The van der Waals surface area contributed by atoms with Crippen molar-refractivity contribution in [3.63, 3.8) is 0 Å². The van der Waals surface area contributed by atoms with Crippen LogP contribution < -0.4 is 19.5 Å². The second kappa shape index (κ2) is 10.7. The van der Waals surface area contributed by atoms with Crippen molar-refractivity contribution < 1.29 is 22.7 Å². The summed E-state index contributed by atoms with van der Waals surface area (Å²) in [6.07, 6.45) is 0.804. The van der Waals surface area contributed by atoms with Gasteiger partial charge in [0.1, 0.15) is 11.5 Å². The molecule has 0 bridgehead atoms. The first-order valence-corrected chi connectivity index (χ1v) is 11.8. The third kappa shape index (κ3) is 6.24. The van der Waals surface area contributed by atoms with Gasteiger partial charge < -0.3 is 14.8 Å². The lowest BCUT2D eigenvalue weighted by molar-refractivity contribution is -0.118. The summed E-state index contributed by atoms with van der Waals surface area (Å²) in [5.74, 6) is 0.767. The van der Waals surface area contributed by atoms with Crippen molar-refractivity contribution in [3.05, 3.63) is 78.4 Å². The summed E-state index contributed by atoms with van der Waals surface area (Å²) in [5.41, 5.74) is 2.22. The van der Waals surface area contributed by atoms with E-state index in [4.69, 9.17) is 9.47 Å². The monoisotopic (exact) mass is 454 g/mol. The van der Waals surface area contributed by atoms with E-state index in [1.54, 1.807) is 24.3 Å². The molecule has 0 aliphatic rings. The van der Waals surface area contributed by atoms with E-state index < -0.39 is 10.0 Å². The highest BCUT2D eigenvalue weighted by Gasteiger charge is 2.15. The van der Waals surface area contributed by atoms with Gasteiger partial charge in [0, 0.05) is 11.4 Å². The average Bonchev–Trinajstić information content (AvgIpc) is 2.80. The fourth-order valence-corrected chi connectivity index (χ4v) is 4.06. The van der Waals surface area contributed by atoms with Gasteiger partial charge in [0.15, 0.2) is 6.61 Å². The van der Waals surface area contributed by atoms with E-state index in [1.165, 1.54) is 24.3 Å². The maximum absolute atomic E-state index is 12.6. The number of benzene rings is 3. The van der Waals surface area contributed by atoms with Gasteiger partial charge in [-0.2, -0.15) is 0 Å². The molecular weight excluding hydrogens is 428 g/mol. The van der Waals surface area contributed by atoms with Gasteiger partial charge in [-0.25, -0.2) is 8.42 Å². The molecule has 0 spiro atoms. The molecule has 0 aliphatic carbocycles. The van der Waals surface area contributed by atoms with Crippen LogP contribution in [0, 0.1) is 0 Å². The molecule has 0 saturated heterocycles. The summed E-state index contributed by atoms with van der Waals surface area (Å²) >= 11 is 0. The quantitative estimate of drug-likeness (QED) is 0.472. The van der Waals surface area contributed by atoms with Crippen LogP contribution in [0.4, 0.5) is 11.4 Å². The summed E-state index contributed by atoms with van der Waals surface area (Å²) in [4.78, 5) is 12.3. The highest BCUT2D eigenvalue weighted by atomic mass is 32.2. The first kappa shape index (κ1) is 23.1. The minimum absolute atomic E-state index is 0.0834. The Morgan fingerprint density at radius 2 is 1.47 bits per heavy atom. The molecule has 0 saturated carbocycles. The van der Waals surface area contributed by atoms with Gasteiger partial charge >= 0.3 is 0 Å². The molecule has 0 unspecified atom stereocenters. The second-order valence-corrected chi connectivity index (χ2v) is 8.56. The van der Waals surface area contributed by atoms with E-state index in [0.717, 1.165) is 17.7 Å². The number of ether oxygens (including phenoxy) is 2. The first-order valence-electron chi connectivity index (χ1n) is 10.3. The molecule has 168 valence electrons. The number of hydrogen-bond donors (Lipinski definition) is 2. The molecule has 3 aromatic rings. The fraction of sp³-hybridized carbons (Fsp3) is 0.208. The van der Waals surface area contributed by atoms with Gasteiger partial charge in [-0.05, 0) is 73.5 Å². The molecule has 1 amide bonds. The van der Waals surface area contributed by atoms with Gasteiger partial charge in [-0.1, -0.05) is 25.1 Å². The number of anilines is 2. The van der Waals surface area contributed by atoms with E-state index in [0.29, 0.717) is 23.8 Å². The summed E-state index contributed by atoms with van der Waals surface area (Å²) in [6, 6.07) is 20.1. The van der Waals surface area contributed by atoms with Crippen LogP contribution in [-0.2, 0) is 21.2 Å². The zero-order valence-electron chi connectivity index (χ0n) is 18.0. The molecule has 2 N–H and O–H groups in total. The van der Waals surface area contributed by atoms with Gasteiger partial charge in [0.2, 0.25) is 0 Å². The van der Waals surface area contributed by atoms with E-state index in [-0.39, 0.29) is 17.4 Å². The van der Waals surface area contributed by atoms with Crippen molar-refractivity contribution in [1.29, 1.82) is 0 Å². The molecule has 0 aromatic heterocycles. The standard InChI is InChI=1S/C24H26N2O5S/c1-3-18-7-5-6-8-23(18)25-24(27)17-31-21-13-15-22(16-14-21)32(28,29)26-19-9-11-20(12-10-19)30-4-2/h5-16,26H,3-4,17H2,1-2H3,(H,25,27). The molecular formula is C24H26N2O5S. The first-order chi connectivity index (χ1) is 15.4. The van der Waals surface area contributed by atoms with Crippen molar-refractivity contribution in [1.82, 2.24) is 0 Å². The lowest BCUT2D eigenvalue weighted by Crippen LogP contribution is -2.21. The van der Waals surface area contributed by atoms with Crippen LogP contribution in [0.1, 0.15) is 19.4 Å². The predicted molar refractivity (Wildman–Crippen MR) is 125 cm³/mol. The summed E-state index contributed by atoms with van der Waals surface area (Å²) in [7, 11) is -3.76. The number of para-hydroxylation sites is 1. The van der Waals surface area contributed by atoms with Gasteiger partial charge in [-0.3, -0.25) is 9.52 Å². The van der Waals surface area contributed by atoms with E-state index in [2.05, 4.69) is 10.0 Å². The van der Waals surface area contributed by atoms with Gasteiger partial charge in [0.25, 0.3) is 15.9 Å². The Bertz CT molecular complexity index is 1140. The molecule has 3 rings (SSSR count). The van der Waals surface area contributed by atoms with Crippen LogP contribution in [0.5, 0.6) is 11.5 Å². The summed E-state index contributed by atoms with van der Waals surface area (Å²) < 4.78 is 38.6. The van der Waals surface area contributed by atoms with E-state index >= 15 is 0 Å². The van der Waals surface area contributed by atoms with Crippen LogP contribution in [0.3, 0.4) is 0 Å². The van der Waals surface area contributed by atoms with Crippen molar-refractivity contribution >= 4 is 27.3 Å². The Balaban J connectivity index is 1.57. The van der Waals surface area contributed by atoms with Gasteiger partial charge in [0.05, 0.1) is 11.5 Å². The third-order valence-electron chi connectivity index (χ3n) is 4.59. The summed E-state index contributed by atoms with van der Waals surface area (Å²) in [5, 5.41) is 2.83. The molecule has 0 aliphatic heterocycles. The SMILES string of the molecule is CCOc1ccc(NS(=O)(=O)c2ccc(OCC(=O)Nc3ccccc3CC)cc2)cc1. The number of carbonyl (C=O) groups is 1. The molecule has 8 heteroatoms. The zero-order chi connectivity index (χ0) is 23.0. The maximum atomic E-state index is 12.6. The van der Waals surface area contributed by atoms with Gasteiger partial charge in [-0.15, -0.1) is 0 Å². The number of nitrogens with one attached hydrogen (secondary N) is 2. The number of amides is 1. The molecule has 32 heavy (non-hydrogen) atoms. The van der Waals surface area contributed by atoms with E-state index in [9.17, 15) is 13.2 Å². The molecule has 7 nitrogen and oxygen atoms in total. The highest BCUT2D eigenvalue weighted by molar-refractivity contribution is 7.92. The van der Waals surface area contributed by atoms with Crippen molar-refractivity contribution in [2.45, 2.75) is 25.2 Å². The number of rotatable bonds is 10. The normalized spacial score (nSPS) is 10.9. The molecule has 0 radical (unpaired) electrons. The lowest BCUT2D eigenvalue weighted by atomic mass is 10.1. The Morgan fingerprint density at radius 1 is 0.844 bits per heavy atom. The minimum Gasteiger partial charge on any atom is -0.494 e.